The molecule has 1 heterocycles. The molecule has 2 rings (SSSR count). The molecule has 0 aliphatic carbocycles. The highest BCUT2D eigenvalue weighted by Gasteiger charge is 2.12. The number of ether oxygens (including phenoxy) is 1. The fraction of sp³-hybridized carbons (Fsp3) is 0.154. The lowest BCUT2D eigenvalue weighted by Crippen LogP contribution is -2.02. The topological polar surface area (TPSA) is 46.5 Å². The molecule has 1 aromatic heterocycles. The Kier molecular flexibility index (Phi) is 3.62. The summed E-state index contributed by atoms with van der Waals surface area (Å²) >= 11 is 1.15. The number of carboxylic acid groups (broad SMARTS) is 1. The molecular weight excluding hydrogens is 255 g/mol. The van der Waals surface area contributed by atoms with E-state index in [1.165, 1.54) is 12.1 Å². The van der Waals surface area contributed by atoms with Gasteiger partial charge in [-0.2, -0.15) is 0 Å². The van der Waals surface area contributed by atoms with Gasteiger partial charge >= 0.3 is 5.97 Å². The number of carboxylic acids is 1. The van der Waals surface area contributed by atoms with Gasteiger partial charge in [0.1, 0.15) is 23.1 Å². The quantitative estimate of drug-likeness (QED) is 0.921. The van der Waals surface area contributed by atoms with Crippen LogP contribution in [0.4, 0.5) is 4.39 Å². The molecule has 0 bridgehead atoms. The summed E-state index contributed by atoms with van der Waals surface area (Å²) in [6, 6.07) is 5.97. The summed E-state index contributed by atoms with van der Waals surface area (Å²) in [5.41, 5.74) is 1.40. The molecule has 18 heavy (non-hydrogen) atoms. The number of hydrogen-bond acceptors (Lipinski definition) is 3. The van der Waals surface area contributed by atoms with Crippen molar-refractivity contribution in [2.75, 3.05) is 0 Å². The number of hydrogen-bond donors (Lipinski definition) is 1. The van der Waals surface area contributed by atoms with Crippen LogP contribution < -0.4 is 4.74 Å². The number of benzene rings is 1. The second-order valence-electron chi connectivity index (χ2n) is 3.78. The van der Waals surface area contributed by atoms with Crippen molar-refractivity contribution in [3.8, 4) is 5.75 Å². The molecule has 0 amide bonds. The van der Waals surface area contributed by atoms with E-state index in [4.69, 9.17) is 9.84 Å². The average molecular weight is 266 g/mol. The van der Waals surface area contributed by atoms with Gasteiger partial charge in [-0.3, -0.25) is 0 Å². The van der Waals surface area contributed by atoms with Gasteiger partial charge in [-0.25, -0.2) is 9.18 Å². The molecule has 0 fully saturated rings. The summed E-state index contributed by atoms with van der Waals surface area (Å²) in [6.07, 6.45) is 0. The smallest absolute Gasteiger partial charge is 0.346 e. The second kappa shape index (κ2) is 5.18. The Morgan fingerprint density at radius 3 is 2.94 bits per heavy atom. The summed E-state index contributed by atoms with van der Waals surface area (Å²) in [4.78, 5) is 11.2. The van der Waals surface area contributed by atoms with Gasteiger partial charge in [-0.15, -0.1) is 11.3 Å². The number of thiophene rings is 1. The maximum absolute atomic E-state index is 13.0. The van der Waals surface area contributed by atoms with Crippen molar-refractivity contribution in [3.63, 3.8) is 0 Å². The largest absolute Gasteiger partial charge is 0.488 e. The Morgan fingerprint density at radius 1 is 1.44 bits per heavy atom. The molecule has 0 spiro atoms. The zero-order valence-electron chi connectivity index (χ0n) is 9.64. The van der Waals surface area contributed by atoms with E-state index in [9.17, 15) is 9.18 Å². The SMILES string of the molecule is Cc1ccc(F)cc1OCc1ccsc1C(=O)O. The van der Waals surface area contributed by atoms with Gasteiger partial charge in [0, 0.05) is 11.6 Å². The molecule has 2 aromatic rings. The number of rotatable bonds is 4. The van der Waals surface area contributed by atoms with E-state index in [0.717, 1.165) is 16.9 Å². The first-order valence-corrected chi connectivity index (χ1v) is 6.14. The highest BCUT2D eigenvalue weighted by Crippen LogP contribution is 2.22. The molecular formula is C13H11FO3S. The molecule has 0 aliphatic heterocycles. The highest BCUT2D eigenvalue weighted by molar-refractivity contribution is 7.12. The van der Waals surface area contributed by atoms with Crippen molar-refractivity contribution in [2.45, 2.75) is 13.5 Å². The van der Waals surface area contributed by atoms with E-state index in [-0.39, 0.29) is 17.3 Å². The van der Waals surface area contributed by atoms with Gasteiger partial charge in [0.15, 0.2) is 0 Å². The Hall–Kier alpha value is -1.88. The van der Waals surface area contributed by atoms with Crippen molar-refractivity contribution in [1.82, 2.24) is 0 Å². The maximum Gasteiger partial charge on any atom is 0.346 e. The average Bonchev–Trinajstić information content (AvgIpc) is 2.79. The standard InChI is InChI=1S/C13H11FO3S/c1-8-2-3-10(14)6-11(8)17-7-9-4-5-18-12(9)13(15)16/h2-6H,7H2,1H3,(H,15,16). The van der Waals surface area contributed by atoms with Crippen molar-refractivity contribution in [1.29, 1.82) is 0 Å². The van der Waals surface area contributed by atoms with Crippen LogP contribution >= 0.6 is 11.3 Å². The first kappa shape index (κ1) is 12.6. The molecule has 1 aromatic carbocycles. The minimum absolute atomic E-state index is 0.120. The zero-order valence-corrected chi connectivity index (χ0v) is 10.5. The first-order chi connectivity index (χ1) is 8.58. The number of halogens is 1. The second-order valence-corrected chi connectivity index (χ2v) is 4.69. The Morgan fingerprint density at radius 2 is 2.22 bits per heavy atom. The van der Waals surface area contributed by atoms with Crippen molar-refractivity contribution < 1.29 is 19.0 Å². The Bertz CT molecular complexity index is 577. The van der Waals surface area contributed by atoms with Crippen LogP contribution in [0.25, 0.3) is 0 Å². The third kappa shape index (κ3) is 2.68. The van der Waals surface area contributed by atoms with E-state index in [2.05, 4.69) is 0 Å². The molecule has 0 saturated carbocycles. The predicted molar refractivity (Wildman–Crippen MR) is 66.7 cm³/mol. The van der Waals surface area contributed by atoms with Crippen molar-refractivity contribution in [2.24, 2.45) is 0 Å². The van der Waals surface area contributed by atoms with Crippen LogP contribution in [-0.2, 0) is 6.61 Å². The van der Waals surface area contributed by atoms with E-state index in [0.29, 0.717) is 11.3 Å². The van der Waals surface area contributed by atoms with E-state index in [1.54, 1.807) is 24.4 Å². The molecule has 0 saturated heterocycles. The highest BCUT2D eigenvalue weighted by atomic mass is 32.1. The third-order valence-corrected chi connectivity index (χ3v) is 3.42. The molecule has 0 unspecified atom stereocenters. The van der Waals surface area contributed by atoms with Crippen molar-refractivity contribution >= 4 is 17.3 Å². The van der Waals surface area contributed by atoms with Gasteiger partial charge in [0.05, 0.1) is 0 Å². The minimum atomic E-state index is -0.973. The maximum atomic E-state index is 13.0. The molecule has 1 N–H and O–H groups in total. The molecule has 0 atom stereocenters. The van der Waals surface area contributed by atoms with Crippen LogP contribution in [0, 0.1) is 12.7 Å². The lowest BCUT2D eigenvalue weighted by atomic mass is 10.2. The minimum Gasteiger partial charge on any atom is -0.488 e. The van der Waals surface area contributed by atoms with Gasteiger partial charge in [0.25, 0.3) is 0 Å². The van der Waals surface area contributed by atoms with Crippen LogP contribution in [-0.4, -0.2) is 11.1 Å². The van der Waals surface area contributed by atoms with E-state index in [1.807, 2.05) is 0 Å². The molecule has 94 valence electrons. The fourth-order valence-electron chi connectivity index (χ4n) is 1.52. The Balaban J connectivity index is 2.14. The fourth-order valence-corrected chi connectivity index (χ4v) is 2.27. The lowest BCUT2D eigenvalue weighted by Gasteiger charge is -2.08. The van der Waals surface area contributed by atoms with Crippen LogP contribution in [0.5, 0.6) is 5.75 Å². The normalized spacial score (nSPS) is 10.3. The molecule has 3 nitrogen and oxygen atoms in total. The number of aryl methyl sites for hydroxylation is 1. The Labute approximate surface area is 107 Å². The monoisotopic (exact) mass is 266 g/mol. The summed E-state index contributed by atoms with van der Waals surface area (Å²) in [6.45, 7) is 1.93. The summed E-state index contributed by atoms with van der Waals surface area (Å²) in [5, 5.41) is 10.6. The van der Waals surface area contributed by atoms with Crippen molar-refractivity contribution in [3.05, 3.63) is 51.5 Å². The summed E-state index contributed by atoms with van der Waals surface area (Å²) < 4.78 is 18.5. The number of aromatic carboxylic acids is 1. The van der Waals surface area contributed by atoms with Gasteiger partial charge in [-0.05, 0) is 30.0 Å². The van der Waals surface area contributed by atoms with E-state index < -0.39 is 5.97 Å². The van der Waals surface area contributed by atoms with Crippen LogP contribution in [0.2, 0.25) is 0 Å². The lowest BCUT2D eigenvalue weighted by molar-refractivity contribution is 0.0699. The first-order valence-electron chi connectivity index (χ1n) is 5.26. The van der Waals surface area contributed by atoms with E-state index >= 15 is 0 Å². The van der Waals surface area contributed by atoms with Gasteiger partial charge < -0.3 is 9.84 Å². The molecule has 5 heteroatoms. The molecule has 0 radical (unpaired) electrons. The summed E-state index contributed by atoms with van der Waals surface area (Å²) in [7, 11) is 0. The third-order valence-electron chi connectivity index (χ3n) is 2.47. The van der Waals surface area contributed by atoms with Crippen LogP contribution in [0.1, 0.15) is 20.8 Å². The van der Waals surface area contributed by atoms with Gasteiger partial charge in [0.2, 0.25) is 0 Å². The predicted octanol–water partition coefficient (Wildman–Crippen LogP) is 3.47. The summed E-state index contributed by atoms with van der Waals surface area (Å²) in [5.74, 6) is -0.920. The number of carbonyl (C=O) groups is 1. The van der Waals surface area contributed by atoms with Gasteiger partial charge in [-0.1, -0.05) is 6.07 Å². The zero-order chi connectivity index (χ0) is 13.1. The van der Waals surface area contributed by atoms with Crippen LogP contribution in [0.15, 0.2) is 29.6 Å². The molecule has 0 aliphatic rings. The van der Waals surface area contributed by atoms with Crippen LogP contribution in [0.3, 0.4) is 0 Å².